The summed E-state index contributed by atoms with van der Waals surface area (Å²) in [4.78, 5) is 0. The maximum Gasteiger partial charge on any atom is 0.0479 e. The summed E-state index contributed by atoms with van der Waals surface area (Å²) in [7, 11) is 0. The predicted octanol–water partition coefficient (Wildman–Crippen LogP) is 3.86. The number of anilines is 2. The van der Waals surface area contributed by atoms with Gasteiger partial charge in [-0.1, -0.05) is 12.8 Å². The van der Waals surface area contributed by atoms with E-state index in [1.807, 2.05) is 12.1 Å². The molecule has 1 aliphatic carbocycles. The quantitative estimate of drug-likeness (QED) is 0.652. The lowest BCUT2D eigenvalue weighted by Gasteiger charge is -2.22. The van der Waals surface area contributed by atoms with E-state index in [0.717, 1.165) is 11.6 Å². The van der Waals surface area contributed by atoms with Gasteiger partial charge in [-0.15, -0.1) is 0 Å². The summed E-state index contributed by atoms with van der Waals surface area (Å²) in [6.07, 6.45) is 5.55. The fourth-order valence-electron chi connectivity index (χ4n) is 2.47. The third-order valence-corrected chi connectivity index (χ3v) is 4.38. The molecule has 3 heteroatoms. The van der Waals surface area contributed by atoms with E-state index in [4.69, 9.17) is 5.73 Å². The number of nitrogens with one attached hydrogen (secondary N) is 1. The topological polar surface area (TPSA) is 38.0 Å². The Morgan fingerprint density at radius 2 is 2.06 bits per heavy atom. The first-order chi connectivity index (χ1) is 7.66. The SMILES string of the molecule is CC(Nc1ccc(N)cc1I)C1CCCC1. The van der Waals surface area contributed by atoms with E-state index in [1.165, 1.54) is 34.9 Å². The van der Waals surface area contributed by atoms with E-state index in [2.05, 4.69) is 40.9 Å². The van der Waals surface area contributed by atoms with Crippen molar-refractivity contribution in [2.45, 2.75) is 38.6 Å². The summed E-state index contributed by atoms with van der Waals surface area (Å²) in [6, 6.07) is 6.64. The number of hydrogen-bond donors (Lipinski definition) is 2. The van der Waals surface area contributed by atoms with Crippen LogP contribution in [0.1, 0.15) is 32.6 Å². The van der Waals surface area contributed by atoms with E-state index in [-0.39, 0.29) is 0 Å². The van der Waals surface area contributed by atoms with Crippen LogP contribution in [0.4, 0.5) is 11.4 Å². The number of nitrogen functional groups attached to an aromatic ring is 1. The van der Waals surface area contributed by atoms with Gasteiger partial charge < -0.3 is 11.1 Å². The lowest BCUT2D eigenvalue weighted by atomic mass is 9.99. The third-order valence-electron chi connectivity index (χ3n) is 3.48. The molecule has 0 radical (unpaired) electrons. The summed E-state index contributed by atoms with van der Waals surface area (Å²) in [5.74, 6) is 0.841. The van der Waals surface area contributed by atoms with Crippen molar-refractivity contribution in [1.82, 2.24) is 0 Å². The minimum atomic E-state index is 0.569. The van der Waals surface area contributed by atoms with Crippen LogP contribution >= 0.6 is 22.6 Å². The highest BCUT2D eigenvalue weighted by Gasteiger charge is 2.21. The Bertz CT molecular complexity index is 359. The van der Waals surface area contributed by atoms with Crippen molar-refractivity contribution in [3.8, 4) is 0 Å². The van der Waals surface area contributed by atoms with Crippen LogP contribution in [-0.4, -0.2) is 6.04 Å². The van der Waals surface area contributed by atoms with E-state index < -0.39 is 0 Å². The van der Waals surface area contributed by atoms with Crippen molar-refractivity contribution in [2.24, 2.45) is 5.92 Å². The maximum absolute atomic E-state index is 5.75. The van der Waals surface area contributed by atoms with Crippen LogP contribution in [0.2, 0.25) is 0 Å². The number of rotatable bonds is 3. The normalized spacial score (nSPS) is 18.6. The molecular formula is C13H19IN2. The second-order valence-corrected chi connectivity index (χ2v) is 5.88. The molecule has 1 saturated carbocycles. The number of halogens is 1. The van der Waals surface area contributed by atoms with E-state index >= 15 is 0 Å². The Morgan fingerprint density at radius 1 is 1.38 bits per heavy atom. The van der Waals surface area contributed by atoms with Crippen LogP contribution in [0.25, 0.3) is 0 Å². The zero-order valence-electron chi connectivity index (χ0n) is 9.67. The number of nitrogens with two attached hydrogens (primary N) is 1. The molecule has 0 aliphatic heterocycles. The van der Waals surface area contributed by atoms with Crippen LogP contribution < -0.4 is 11.1 Å². The van der Waals surface area contributed by atoms with E-state index in [0.29, 0.717) is 6.04 Å². The van der Waals surface area contributed by atoms with Gasteiger partial charge in [-0.2, -0.15) is 0 Å². The zero-order valence-corrected chi connectivity index (χ0v) is 11.8. The Labute approximate surface area is 111 Å². The fraction of sp³-hybridized carbons (Fsp3) is 0.538. The molecule has 1 unspecified atom stereocenters. The van der Waals surface area contributed by atoms with Gasteiger partial charge in [0.15, 0.2) is 0 Å². The lowest BCUT2D eigenvalue weighted by Crippen LogP contribution is -2.24. The second kappa shape index (κ2) is 5.25. The van der Waals surface area contributed by atoms with Gasteiger partial charge in [-0.25, -0.2) is 0 Å². The van der Waals surface area contributed by atoms with E-state index in [9.17, 15) is 0 Å². The predicted molar refractivity (Wildman–Crippen MR) is 78.6 cm³/mol. The molecule has 3 N–H and O–H groups in total. The van der Waals surface area contributed by atoms with Crippen LogP contribution in [0, 0.1) is 9.49 Å². The molecule has 1 aromatic carbocycles. The molecule has 1 aromatic rings. The first-order valence-electron chi connectivity index (χ1n) is 5.98. The van der Waals surface area contributed by atoms with E-state index in [1.54, 1.807) is 0 Å². The molecule has 0 spiro atoms. The minimum Gasteiger partial charge on any atom is -0.399 e. The molecule has 2 rings (SSSR count). The minimum absolute atomic E-state index is 0.569. The monoisotopic (exact) mass is 330 g/mol. The van der Waals surface area contributed by atoms with Gasteiger partial charge in [0.25, 0.3) is 0 Å². The molecule has 1 fully saturated rings. The summed E-state index contributed by atoms with van der Waals surface area (Å²) >= 11 is 2.34. The first kappa shape index (κ1) is 12.0. The number of hydrogen-bond acceptors (Lipinski definition) is 2. The average molecular weight is 330 g/mol. The summed E-state index contributed by atoms with van der Waals surface area (Å²) in [5, 5.41) is 3.62. The summed E-state index contributed by atoms with van der Waals surface area (Å²) in [5.41, 5.74) is 7.80. The molecule has 0 saturated heterocycles. The standard InChI is InChI=1S/C13H19IN2/c1-9(10-4-2-3-5-10)16-13-7-6-11(15)8-12(13)14/h6-10,16H,2-5,15H2,1H3. The average Bonchev–Trinajstić information content (AvgIpc) is 2.75. The zero-order chi connectivity index (χ0) is 11.5. The van der Waals surface area contributed by atoms with Crippen LogP contribution in [-0.2, 0) is 0 Å². The third kappa shape index (κ3) is 2.81. The van der Waals surface area contributed by atoms with Crippen molar-refractivity contribution in [2.75, 3.05) is 11.1 Å². The fourth-order valence-corrected chi connectivity index (χ4v) is 3.16. The molecule has 88 valence electrons. The Hall–Kier alpha value is -0.450. The van der Waals surface area contributed by atoms with Gasteiger partial charge in [0.2, 0.25) is 0 Å². The largest absolute Gasteiger partial charge is 0.399 e. The van der Waals surface area contributed by atoms with Crippen LogP contribution in [0.3, 0.4) is 0 Å². The first-order valence-corrected chi connectivity index (χ1v) is 7.06. The maximum atomic E-state index is 5.75. The molecule has 0 bridgehead atoms. The summed E-state index contributed by atoms with van der Waals surface area (Å²) in [6.45, 7) is 2.29. The molecule has 0 heterocycles. The van der Waals surface area contributed by atoms with Gasteiger partial charge in [0.1, 0.15) is 0 Å². The van der Waals surface area contributed by atoms with Crippen molar-refractivity contribution >= 4 is 34.0 Å². The van der Waals surface area contributed by atoms with Gasteiger partial charge in [-0.05, 0) is 66.5 Å². The van der Waals surface area contributed by atoms with Crippen molar-refractivity contribution in [3.05, 3.63) is 21.8 Å². The van der Waals surface area contributed by atoms with Gasteiger partial charge >= 0.3 is 0 Å². The lowest BCUT2D eigenvalue weighted by molar-refractivity contribution is 0.482. The van der Waals surface area contributed by atoms with Crippen molar-refractivity contribution in [3.63, 3.8) is 0 Å². The number of benzene rings is 1. The van der Waals surface area contributed by atoms with Crippen LogP contribution in [0.5, 0.6) is 0 Å². The Morgan fingerprint density at radius 3 is 2.69 bits per heavy atom. The van der Waals surface area contributed by atoms with Crippen LogP contribution in [0.15, 0.2) is 18.2 Å². The molecule has 2 nitrogen and oxygen atoms in total. The molecular weight excluding hydrogens is 311 g/mol. The molecule has 1 atom stereocenters. The van der Waals surface area contributed by atoms with Gasteiger partial charge in [0, 0.05) is 21.0 Å². The highest BCUT2D eigenvalue weighted by atomic mass is 127. The van der Waals surface area contributed by atoms with Crippen molar-refractivity contribution < 1.29 is 0 Å². The summed E-state index contributed by atoms with van der Waals surface area (Å²) < 4.78 is 1.21. The second-order valence-electron chi connectivity index (χ2n) is 4.72. The Balaban J connectivity index is 2.02. The molecule has 1 aliphatic rings. The molecule has 0 amide bonds. The van der Waals surface area contributed by atoms with Gasteiger partial charge in [-0.3, -0.25) is 0 Å². The molecule has 0 aromatic heterocycles. The van der Waals surface area contributed by atoms with Crippen molar-refractivity contribution in [1.29, 1.82) is 0 Å². The Kier molecular flexibility index (Phi) is 3.95. The smallest absolute Gasteiger partial charge is 0.0479 e. The molecule has 16 heavy (non-hydrogen) atoms. The highest BCUT2D eigenvalue weighted by molar-refractivity contribution is 14.1. The van der Waals surface area contributed by atoms with Gasteiger partial charge in [0.05, 0.1) is 0 Å². The highest BCUT2D eigenvalue weighted by Crippen LogP contribution is 2.30.